The van der Waals surface area contributed by atoms with Crippen molar-refractivity contribution in [2.24, 2.45) is 5.92 Å². The number of hydrogen-bond acceptors (Lipinski definition) is 3. The number of aliphatic carboxylic acids is 1. The Labute approximate surface area is 100 Å². The highest BCUT2D eigenvalue weighted by atomic mass is 32.2. The molecule has 0 amide bonds. The van der Waals surface area contributed by atoms with Crippen LogP contribution in [0.5, 0.6) is 0 Å². The smallest absolute Gasteiger partial charge is 0.307 e. The molecule has 0 saturated heterocycles. The number of carboxylic acids is 1. The van der Waals surface area contributed by atoms with Crippen LogP contribution in [0.3, 0.4) is 0 Å². The second kappa shape index (κ2) is 5.83. The lowest BCUT2D eigenvalue weighted by Crippen LogP contribution is -2.32. The summed E-state index contributed by atoms with van der Waals surface area (Å²) in [5.74, 6) is -1.67. The van der Waals surface area contributed by atoms with Gasteiger partial charge in [-0.25, -0.2) is 13.1 Å². The average Bonchev–Trinajstić information content (AvgIpc) is 2.77. The van der Waals surface area contributed by atoms with E-state index in [1.807, 2.05) is 6.92 Å². The lowest BCUT2D eigenvalue weighted by atomic mass is 10.1. The topological polar surface area (TPSA) is 99.3 Å². The molecule has 7 heteroatoms. The number of H-pyrrole nitrogens is 1. The van der Waals surface area contributed by atoms with Crippen LogP contribution >= 0.6 is 0 Å². The molecular weight excluding hydrogens is 244 g/mol. The summed E-state index contributed by atoms with van der Waals surface area (Å²) >= 11 is 0. The fraction of sp³-hybridized carbons (Fsp3) is 0.500. The third kappa shape index (κ3) is 3.86. The lowest BCUT2D eigenvalue weighted by molar-refractivity contribution is -0.141. The van der Waals surface area contributed by atoms with Crippen molar-refractivity contribution in [2.45, 2.75) is 24.7 Å². The minimum Gasteiger partial charge on any atom is -0.481 e. The molecule has 3 N–H and O–H groups in total. The van der Waals surface area contributed by atoms with Crippen molar-refractivity contribution in [1.82, 2.24) is 9.71 Å². The molecule has 6 nitrogen and oxygen atoms in total. The van der Waals surface area contributed by atoms with Crippen LogP contribution in [-0.4, -0.2) is 31.0 Å². The third-order valence-corrected chi connectivity index (χ3v) is 3.81. The molecule has 0 radical (unpaired) electrons. The van der Waals surface area contributed by atoms with Gasteiger partial charge in [0.05, 0.1) is 10.8 Å². The predicted molar refractivity (Wildman–Crippen MR) is 62.0 cm³/mol. The Morgan fingerprint density at radius 3 is 2.76 bits per heavy atom. The van der Waals surface area contributed by atoms with Crippen molar-refractivity contribution in [1.29, 1.82) is 0 Å². The summed E-state index contributed by atoms with van der Waals surface area (Å²) in [5, 5.41) is 8.89. The van der Waals surface area contributed by atoms with Crippen LogP contribution in [0.2, 0.25) is 0 Å². The molecule has 0 aromatic carbocycles. The van der Waals surface area contributed by atoms with E-state index < -0.39 is 21.9 Å². The molecule has 17 heavy (non-hydrogen) atoms. The molecule has 1 unspecified atom stereocenters. The second-order valence-electron chi connectivity index (χ2n) is 3.72. The van der Waals surface area contributed by atoms with Crippen LogP contribution < -0.4 is 4.72 Å². The van der Waals surface area contributed by atoms with E-state index in [2.05, 4.69) is 9.71 Å². The maximum Gasteiger partial charge on any atom is 0.307 e. The van der Waals surface area contributed by atoms with Gasteiger partial charge in [-0.2, -0.15) is 0 Å². The summed E-state index contributed by atoms with van der Waals surface area (Å²) in [5.41, 5.74) is 0. The van der Waals surface area contributed by atoms with Crippen molar-refractivity contribution in [3.63, 3.8) is 0 Å². The van der Waals surface area contributed by atoms with Crippen LogP contribution in [-0.2, 0) is 14.8 Å². The molecule has 0 aliphatic heterocycles. The Hall–Kier alpha value is -1.34. The molecule has 1 atom stereocenters. The number of sulfonamides is 1. The molecule has 96 valence electrons. The van der Waals surface area contributed by atoms with Crippen molar-refractivity contribution < 1.29 is 18.3 Å². The number of aromatic nitrogens is 1. The van der Waals surface area contributed by atoms with Gasteiger partial charge in [-0.3, -0.25) is 4.79 Å². The summed E-state index contributed by atoms with van der Waals surface area (Å²) < 4.78 is 25.7. The summed E-state index contributed by atoms with van der Waals surface area (Å²) in [7, 11) is -3.61. The first-order chi connectivity index (χ1) is 7.97. The molecule has 0 aliphatic carbocycles. The van der Waals surface area contributed by atoms with Gasteiger partial charge in [-0.05, 0) is 12.5 Å². The van der Waals surface area contributed by atoms with Crippen LogP contribution in [0.1, 0.15) is 19.8 Å². The Morgan fingerprint density at radius 2 is 2.29 bits per heavy atom. The molecule has 0 bridgehead atoms. The van der Waals surface area contributed by atoms with Gasteiger partial charge in [0.2, 0.25) is 10.0 Å². The summed E-state index contributed by atoms with van der Waals surface area (Å²) in [4.78, 5) is 13.6. The molecule has 0 saturated carbocycles. The van der Waals surface area contributed by atoms with Gasteiger partial charge in [0.1, 0.15) is 0 Å². The summed E-state index contributed by atoms with van der Waals surface area (Å²) in [6.45, 7) is 1.77. The molecular formula is C10H16N2O4S. The molecule has 0 spiro atoms. The number of carboxylic acid groups (broad SMARTS) is 1. The maximum absolute atomic E-state index is 11.7. The fourth-order valence-electron chi connectivity index (χ4n) is 1.43. The van der Waals surface area contributed by atoms with Gasteiger partial charge < -0.3 is 10.1 Å². The minimum atomic E-state index is -3.61. The number of nitrogens with one attached hydrogen (secondary N) is 2. The second-order valence-corrected chi connectivity index (χ2v) is 5.49. The normalized spacial score (nSPS) is 13.5. The average molecular weight is 260 g/mol. The molecule has 1 rings (SSSR count). The SMILES string of the molecule is CCCC(CNS(=O)(=O)c1cc[nH]c1)C(=O)O. The van der Waals surface area contributed by atoms with E-state index in [0.717, 1.165) is 0 Å². The van der Waals surface area contributed by atoms with Gasteiger partial charge in [0, 0.05) is 18.9 Å². The molecule has 1 heterocycles. The van der Waals surface area contributed by atoms with E-state index >= 15 is 0 Å². The van der Waals surface area contributed by atoms with E-state index in [1.54, 1.807) is 0 Å². The number of aromatic amines is 1. The Kier molecular flexibility index (Phi) is 4.71. The molecule has 0 fully saturated rings. The van der Waals surface area contributed by atoms with Crippen LogP contribution in [0.4, 0.5) is 0 Å². The highest BCUT2D eigenvalue weighted by Crippen LogP contribution is 2.09. The number of carbonyl (C=O) groups is 1. The first kappa shape index (κ1) is 13.7. The van der Waals surface area contributed by atoms with Gasteiger partial charge in [0.15, 0.2) is 0 Å². The minimum absolute atomic E-state index is 0.0866. The lowest BCUT2D eigenvalue weighted by Gasteiger charge is -2.11. The zero-order valence-electron chi connectivity index (χ0n) is 9.51. The first-order valence-corrected chi connectivity index (χ1v) is 6.81. The Bertz CT molecular complexity index is 453. The van der Waals surface area contributed by atoms with Crippen LogP contribution in [0, 0.1) is 5.92 Å². The van der Waals surface area contributed by atoms with Crippen molar-refractivity contribution in [2.75, 3.05) is 6.54 Å². The molecule has 0 aliphatic rings. The van der Waals surface area contributed by atoms with E-state index in [0.29, 0.717) is 12.8 Å². The van der Waals surface area contributed by atoms with Crippen molar-refractivity contribution in [3.8, 4) is 0 Å². The zero-order chi connectivity index (χ0) is 12.9. The fourth-order valence-corrected chi connectivity index (χ4v) is 2.49. The van der Waals surface area contributed by atoms with Crippen molar-refractivity contribution in [3.05, 3.63) is 18.5 Å². The number of rotatable bonds is 7. The summed E-state index contributed by atoms with van der Waals surface area (Å²) in [6.07, 6.45) is 3.99. The number of hydrogen-bond donors (Lipinski definition) is 3. The summed E-state index contributed by atoms with van der Waals surface area (Å²) in [6, 6.07) is 1.41. The largest absolute Gasteiger partial charge is 0.481 e. The Balaban J connectivity index is 2.63. The van der Waals surface area contributed by atoms with E-state index in [9.17, 15) is 13.2 Å². The van der Waals surface area contributed by atoms with Gasteiger partial charge in [0.25, 0.3) is 0 Å². The highest BCUT2D eigenvalue weighted by molar-refractivity contribution is 7.89. The van der Waals surface area contributed by atoms with Crippen LogP contribution in [0.25, 0.3) is 0 Å². The monoisotopic (exact) mass is 260 g/mol. The molecule has 1 aromatic rings. The maximum atomic E-state index is 11.7. The quantitative estimate of drug-likeness (QED) is 0.675. The molecule has 1 aromatic heterocycles. The highest BCUT2D eigenvalue weighted by Gasteiger charge is 2.21. The van der Waals surface area contributed by atoms with E-state index in [-0.39, 0.29) is 11.4 Å². The third-order valence-electron chi connectivity index (χ3n) is 2.39. The van der Waals surface area contributed by atoms with Crippen molar-refractivity contribution >= 4 is 16.0 Å². The first-order valence-electron chi connectivity index (χ1n) is 5.32. The van der Waals surface area contributed by atoms with Gasteiger partial charge in [-0.15, -0.1) is 0 Å². The predicted octanol–water partition coefficient (Wildman–Crippen LogP) is 0.794. The van der Waals surface area contributed by atoms with E-state index in [1.165, 1.54) is 18.5 Å². The zero-order valence-corrected chi connectivity index (χ0v) is 10.3. The Morgan fingerprint density at radius 1 is 1.59 bits per heavy atom. The van der Waals surface area contributed by atoms with Gasteiger partial charge in [-0.1, -0.05) is 13.3 Å². The van der Waals surface area contributed by atoms with E-state index in [4.69, 9.17) is 5.11 Å². The van der Waals surface area contributed by atoms with Crippen LogP contribution in [0.15, 0.2) is 23.4 Å². The standard InChI is InChI=1S/C10H16N2O4S/c1-2-3-8(10(13)14)6-12-17(15,16)9-4-5-11-7-9/h4-5,7-8,11-12H,2-3,6H2,1H3,(H,13,14). The van der Waals surface area contributed by atoms with Gasteiger partial charge >= 0.3 is 5.97 Å².